The van der Waals surface area contributed by atoms with Crippen molar-refractivity contribution in [3.05, 3.63) is 64.5 Å². The van der Waals surface area contributed by atoms with Gasteiger partial charge in [0.2, 0.25) is 0 Å². The smallest absolute Gasteiger partial charge is 0.255 e. The molecule has 0 saturated heterocycles. The molecule has 20 heavy (non-hydrogen) atoms. The average Bonchev–Trinajstić information content (AvgIpc) is 2.74. The number of aromatic hydroxyl groups is 1. The number of halogens is 1. The molecule has 0 saturated carbocycles. The minimum Gasteiger partial charge on any atom is -0.508 e. The van der Waals surface area contributed by atoms with E-state index in [0.29, 0.717) is 23.2 Å². The highest BCUT2D eigenvalue weighted by atomic mass is 19.1. The molecular weight excluding hydrogens is 257 g/mol. The summed E-state index contributed by atoms with van der Waals surface area (Å²) in [4.78, 5) is 14.0. The number of carbonyl (C=O) groups excluding carboxylic acids is 1. The highest BCUT2D eigenvalue weighted by Crippen LogP contribution is 2.31. The zero-order valence-electron chi connectivity index (χ0n) is 11.1. The molecule has 2 aromatic rings. The van der Waals surface area contributed by atoms with E-state index < -0.39 is 0 Å². The minimum atomic E-state index is -0.309. The SMILES string of the molecule is Cc1c(O)ccc2c1C(=O)N(Cc1ccccc1F)C2. The first kappa shape index (κ1) is 12.7. The van der Waals surface area contributed by atoms with E-state index in [4.69, 9.17) is 0 Å². The van der Waals surface area contributed by atoms with Crippen molar-refractivity contribution in [2.45, 2.75) is 20.0 Å². The molecule has 1 aliphatic heterocycles. The van der Waals surface area contributed by atoms with Crippen molar-refractivity contribution in [1.29, 1.82) is 0 Å². The first-order valence-corrected chi connectivity index (χ1v) is 6.42. The number of hydrogen-bond acceptors (Lipinski definition) is 2. The van der Waals surface area contributed by atoms with Gasteiger partial charge in [0.1, 0.15) is 11.6 Å². The number of phenolic OH excluding ortho intramolecular Hbond substituents is 1. The van der Waals surface area contributed by atoms with Crippen molar-refractivity contribution in [3.8, 4) is 5.75 Å². The van der Waals surface area contributed by atoms with E-state index in [0.717, 1.165) is 5.56 Å². The van der Waals surface area contributed by atoms with E-state index in [1.807, 2.05) is 0 Å². The Morgan fingerprint density at radius 3 is 2.75 bits per heavy atom. The van der Waals surface area contributed by atoms with Crippen molar-refractivity contribution >= 4 is 5.91 Å². The van der Waals surface area contributed by atoms with E-state index in [2.05, 4.69) is 0 Å². The second-order valence-corrected chi connectivity index (χ2v) is 5.00. The van der Waals surface area contributed by atoms with Gasteiger partial charge in [-0.25, -0.2) is 4.39 Å². The summed E-state index contributed by atoms with van der Waals surface area (Å²) < 4.78 is 13.7. The third-order valence-electron chi connectivity index (χ3n) is 3.70. The summed E-state index contributed by atoms with van der Waals surface area (Å²) in [6.07, 6.45) is 0. The monoisotopic (exact) mass is 271 g/mol. The molecule has 0 radical (unpaired) electrons. The summed E-state index contributed by atoms with van der Waals surface area (Å²) in [5, 5.41) is 9.69. The van der Waals surface area contributed by atoms with Crippen LogP contribution in [0.2, 0.25) is 0 Å². The topological polar surface area (TPSA) is 40.5 Å². The maximum Gasteiger partial charge on any atom is 0.255 e. The number of fused-ring (bicyclic) bond motifs is 1. The standard InChI is InChI=1S/C16H14FNO2/c1-10-14(19)7-6-12-9-18(16(20)15(10)12)8-11-4-2-3-5-13(11)17/h2-7,19H,8-9H2,1H3. The normalized spacial score (nSPS) is 13.7. The molecule has 0 unspecified atom stereocenters. The summed E-state index contributed by atoms with van der Waals surface area (Å²) in [6.45, 7) is 2.41. The zero-order chi connectivity index (χ0) is 14.3. The molecule has 0 fully saturated rings. The van der Waals surface area contributed by atoms with Crippen molar-refractivity contribution in [1.82, 2.24) is 4.90 Å². The van der Waals surface area contributed by atoms with Crippen LogP contribution in [-0.4, -0.2) is 15.9 Å². The second kappa shape index (κ2) is 4.63. The van der Waals surface area contributed by atoms with Crippen LogP contribution in [0.4, 0.5) is 4.39 Å². The third-order valence-corrected chi connectivity index (χ3v) is 3.70. The van der Waals surface area contributed by atoms with Crippen molar-refractivity contribution in [2.24, 2.45) is 0 Å². The van der Waals surface area contributed by atoms with Gasteiger partial charge in [0.25, 0.3) is 5.91 Å². The summed E-state index contributed by atoms with van der Waals surface area (Å²) in [5.74, 6) is -0.350. The fourth-order valence-electron chi connectivity index (χ4n) is 2.58. The van der Waals surface area contributed by atoms with Gasteiger partial charge in [-0.05, 0) is 24.6 Å². The molecule has 0 aromatic heterocycles. The molecule has 1 amide bonds. The average molecular weight is 271 g/mol. The third kappa shape index (κ3) is 1.93. The van der Waals surface area contributed by atoms with Crippen LogP contribution in [0, 0.1) is 12.7 Å². The molecule has 0 spiro atoms. The first-order chi connectivity index (χ1) is 9.58. The van der Waals surface area contributed by atoms with E-state index >= 15 is 0 Å². The van der Waals surface area contributed by atoms with E-state index in [1.54, 1.807) is 42.2 Å². The Morgan fingerprint density at radius 1 is 1.25 bits per heavy atom. The van der Waals surface area contributed by atoms with E-state index in [1.165, 1.54) is 6.07 Å². The van der Waals surface area contributed by atoms with Crippen LogP contribution in [0.5, 0.6) is 5.75 Å². The van der Waals surface area contributed by atoms with Gasteiger partial charge in [0.15, 0.2) is 0 Å². The molecule has 1 heterocycles. The van der Waals surface area contributed by atoms with Crippen LogP contribution in [0.15, 0.2) is 36.4 Å². The van der Waals surface area contributed by atoms with E-state index in [-0.39, 0.29) is 24.0 Å². The summed E-state index contributed by atoms with van der Waals surface area (Å²) in [5.41, 5.74) is 2.50. The van der Waals surface area contributed by atoms with Gasteiger partial charge in [-0.1, -0.05) is 24.3 Å². The molecular formula is C16H14FNO2. The largest absolute Gasteiger partial charge is 0.508 e. The lowest BCUT2D eigenvalue weighted by Crippen LogP contribution is -2.24. The van der Waals surface area contributed by atoms with Crippen LogP contribution >= 0.6 is 0 Å². The molecule has 0 atom stereocenters. The molecule has 0 aliphatic carbocycles. The number of carbonyl (C=O) groups is 1. The van der Waals surface area contributed by atoms with Gasteiger partial charge >= 0.3 is 0 Å². The van der Waals surface area contributed by atoms with Crippen LogP contribution in [-0.2, 0) is 13.1 Å². The van der Waals surface area contributed by atoms with Crippen LogP contribution in [0.1, 0.15) is 27.0 Å². The number of nitrogens with zero attached hydrogens (tertiary/aromatic N) is 1. The Morgan fingerprint density at radius 2 is 2.00 bits per heavy atom. The van der Waals surface area contributed by atoms with Crippen LogP contribution in [0.3, 0.4) is 0 Å². The number of amides is 1. The maximum absolute atomic E-state index is 13.7. The van der Waals surface area contributed by atoms with Gasteiger partial charge < -0.3 is 10.0 Å². The van der Waals surface area contributed by atoms with Gasteiger partial charge in [-0.15, -0.1) is 0 Å². The summed E-state index contributed by atoms with van der Waals surface area (Å²) in [7, 11) is 0. The Bertz CT molecular complexity index is 697. The van der Waals surface area contributed by atoms with Crippen molar-refractivity contribution in [2.75, 3.05) is 0 Å². The van der Waals surface area contributed by atoms with Gasteiger partial charge in [-0.3, -0.25) is 4.79 Å². The predicted molar refractivity (Wildman–Crippen MR) is 72.8 cm³/mol. The molecule has 3 nitrogen and oxygen atoms in total. The fourth-order valence-corrected chi connectivity index (χ4v) is 2.58. The highest BCUT2D eigenvalue weighted by Gasteiger charge is 2.30. The van der Waals surface area contributed by atoms with Crippen LogP contribution in [0.25, 0.3) is 0 Å². The highest BCUT2D eigenvalue weighted by molar-refractivity contribution is 6.00. The maximum atomic E-state index is 13.7. The Kier molecular flexibility index (Phi) is 2.93. The lowest BCUT2D eigenvalue weighted by atomic mass is 10.0. The molecule has 1 aliphatic rings. The van der Waals surface area contributed by atoms with Gasteiger partial charge in [-0.2, -0.15) is 0 Å². The molecule has 4 heteroatoms. The fraction of sp³-hybridized carbons (Fsp3) is 0.188. The van der Waals surface area contributed by atoms with Gasteiger partial charge in [0, 0.05) is 24.2 Å². The van der Waals surface area contributed by atoms with E-state index in [9.17, 15) is 14.3 Å². The van der Waals surface area contributed by atoms with Gasteiger partial charge in [0.05, 0.1) is 5.56 Å². The van der Waals surface area contributed by atoms with Crippen molar-refractivity contribution < 1.29 is 14.3 Å². The van der Waals surface area contributed by atoms with Crippen LogP contribution < -0.4 is 0 Å². The zero-order valence-corrected chi connectivity index (χ0v) is 11.1. The Labute approximate surface area is 116 Å². The molecule has 3 rings (SSSR count). The molecule has 102 valence electrons. The molecule has 1 N–H and O–H groups in total. The molecule has 2 aromatic carbocycles. The molecule has 0 bridgehead atoms. The quantitative estimate of drug-likeness (QED) is 0.912. The minimum absolute atomic E-state index is 0.116. The Balaban J connectivity index is 1.91. The summed E-state index contributed by atoms with van der Waals surface area (Å²) >= 11 is 0. The second-order valence-electron chi connectivity index (χ2n) is 5.00. The first-order valence-electron chi connectivity index (χ1n) is 6.42. The Hall–Kier alpha value is -2.36. The number of phenols is 1. The van der Waals surface area contributed by atoms with Crippen molar-refractivity contribution in [3.63, 3.8) is 0 Å². The summed E-state index contributed by atoms with van der Waals surface area (Å²) in [6, 6.07) is 9.78. The number of benzene rings is 2. The number of hydrogen-bond donors (Lipinski definition) is 1. The lowest BCUT2D eigenvalue weighted by Gasteiger charge is -2.16. The predicted octanol–water partition coefficient (Wildman–Crippen LogP) is 3.00. The number of rotatable bonds is 2. The lowest BCUT2D eigenvalue weighted by molar-refractivity contribution is 0.0764.